The van der Waals surface area contributed by atoms with Crippen LogP contribution in [-0.4, -0.2) is 57.8 Å². The predicted molar refractivity (Wildman–Crippen MR) is 114 cm³/mol. The van der Waals surface area contributed by atoms with E-state index in [-0.39, 0.29) is 0 Å². The quantitative estimate of drug-likeness (QED) is 0.503. The van der Waals surface area contributed by atoms with Crippen LogP contribution in [0.25, 0.3) is 0 Å². The van der Waals surface area contributed by atoms with Crippen molar-refractivity contribution in [3.63, 3.8) is 0 Å². The molecule has 0 saturated heterocycles. The van der Waals surface area contributed by atoms with Crippen LogP contribution in [-0.2, 0) is 6.54 Å². The third-order valence-corrected chi connectivity index (χ3v) is 5.85. The Morgan fingerprint density at radius 2 is 1.93 bits per heavy atom. The zero-order valence-electron chi connectivity index (χ0n) is 17.8. The lowest BCUT2D eigenvalue weighted by Gasteiger charge is -2.25. The van der Waals surface area contributed by atoms with E-state index in [0.29, 0.717) is 18.7 Å². The van der Waals surface area contributed by atoms with Crippen molar-refractivity contribution in [2.24, 2.45) is 10.9 Å². The topological polar surface area (TPSA) is 58.1 Å². The van der Waals surface area contributed by atoms with Gasteiger partial charge in [0.1, 0.15) is 0 Å². The van der Waals surface area contributed by atoms with Gasteiger partial charge in [0.15, 0.2) is 17.5 Å². The standard InChI is InChI=1S/C22H36N4O2/c1-23-22(25-15-19(26(2)3)16-12-13-16)24-14-17-8-7-11-20(27-4)21(17)28-18-9-5-6-10-18/h7-8,11,16,18-19H,5-6,9-10,12-15H2,1-4H3,(H2,23,24,25). The first kappa shape index (κ1) is 20.8. The Bertz CT molecular complexity index is 650. The second-order valence-electron chi connectivity index (χ2n) is 8.15. The number of methoxy groups -OCH3 is 1. The second kappa shape index (κ2) is 10.0. The number of rotatable bonds is 9. The predicted octanol–water partition coefficient (Wildman–Crippen LogP) is 3.02. The molecule has 0 radical (unpaired) electrons. The van der Waals surface area contributed by atoms with Gasteiger partial charge in [0.05, 0.1) is 13.2 Å². The van der Waals surface area contributed by atoms with Gasteiger partial charge in [-0.15, -0.1) is 0 Å². The molecule has 156 valence electrons. The number of benzene rings is 1. The first-order valence-corrected chi connectivity index (χ1v) is 10.6. The summed E-state index contributed by atoms with van der Waals surface area (Å²) in [5.41, 5.74) is 1.10. The lowest BCUT2D eigenvalue weighted by atomic mass is 10.1. The maximum absolute atomic E-state index is 6.33. The molecule has 0 bridgehead atoms. The van der Waals surface area contributed by atoms with E-state index in [1.807, 2.05) is 19.2 Å². The van der Waals surface area contributed by atoms with Gasteiger partial charge in [0, 0.05) is 31.7 Å². The lowest BCUT2D eigenvalue weighted by molar-refractivity contribution is 0.198. The summed E-state index contributed by atoms with van der Waals surface area (Å²) in [5, 5.41) is 6.93. The molecule has 2 fully saturated rings. The Labute approximate surface area is 169 Å². The van der Waals surface area contributed by atoms with E-state index in [9.17, 15) is 0 Å². The average Bonchev–Trinajstić information content (AvgIpc) is 3.40. The van der Waals surface area contributed by atoms with Crippen LogP contribution >= 0.6 is 0 Å². The van der Waals surface area contributed by atoms with Gasteiger partial charge in [-0.05, 0) is 64.6 Å². The molecule has 28 heavy (non-hydrogen) atoms. The van der Waals surface area contributed by atoms with Gasteiger partial charge in [0.2, 0.25) is 0 Å². The molecular formula is C22H36N4O2. The van der Waals surface area contributed by atoms with Crippen LogP contribution < -0.4 is 20.1 Å². The average molecular weight is 389 g/mol. The van der Waals surface area contributed by atoms with Crippen molar-refractivity contribution in [3.05, 3.63) is 23.8 Å². The van der Waals surface area contributed by atoms with Crippen molar-refractivity contribution in [1.82, 2.24) is 15.5 Å². The van der Waals surface area contributed by atoms with Gasteiger partial charge >= 0.3 is 0 Å². The third-order valence-electron chi connectivity index (χ3n) is 5.85. The van der Waals surface area contributed by atoms with Crippen molar-refractivity contribution in [2.45, 2.75) is 57.2 Å². The maximum Gasteiger partial charge on any atom is 0.191 e. The number of likely N-dealkylation sites (N-methyl/N-ethyl adjacent to an activating group) is 1. The van der Waals surface area contributed by atoms with Crippen LogP contribution in [0.4, 0.5) is 0 Å². The molecule has 2 aliphatic rings. The lowest BCUT2D eigenvalue weighted by Crippen LogP contribution is -2.45. The monoisotopic (exact) mass is 388 g/mol. The van der Waals surface area contributed by atoms with Crippen LogP contribution in [0.2, 0.25) is 0 Å². The summed E-state index contributed by atoms with van der Waals surface area (Å²) >= 11 is 0. The van der Waals surface area contributed by atoms with E-state index in [0.717, 1.165) is 48.3 Å². The summed E-state index contributed by atoms with van der Waals surface area (Å²) in [6.45, 7) is 1.55. The number of para-hydroxylation sites is 1. The van der Waals surface area contributed by atoms with Crippen molar-refractivity contribution in [3.8, 4) is 11.5 Å². The summed E-state index contributed by atoms with van der Waals surface area (Å²) in [4.78, 5) is 6.71. The molecule has 2 saturated carbocycles. The molecule has 6 heteroatoms. The molecule has 1 atom stereocenters. The largest absolute Gasteiger partial charge is 0.493 e. The molecule has 0 aromatic heterocycles. The fourth-order valence-electron chi connectivity index (χ4n) is 4.02. The molecule has 2 N–H and O–H groups in total. The summed E-state index contributed by atoms with van der Waals surface area (Å²) in [5.74, 6) is 3.30. The maximum atomic E-state index is 6.33. The normalized spacial score (nSPS) is 19.0. The van der Waals surface area contributed by atoms with Crippen molar-refractivity contribution in [1.29, 1.82) is 0 Å². The number of hydrogen-bond acceptors (Lipinski definition) is 4. The summed E-state index contributed by atoms with van der Waals surface area (Å²) in [7, 11) is 7.83. The van der Waals surface area contributed by atoms with E-state index >= 15 is 0 Å². The van der Waals surface area contributed by atoms with Crippen molar-refractivity contribution < 1.29 is 9.47 Å². The van der Waals surface area contributed by atoms with Crippen LogP contribution in [0.3, 0.4) is 0 Å². The molecule has 0 amide bonds. The van der Waals surface area contributed by atoms with Gasteiger partial charge in [-0.25, -0.2) is 0 Å². The molecular weight excluding hydrogens is 352 g/mol. The fourth-order valence-corrected chi connectivity index (χ4v) is 4.02. The van der Waals surface area contributed by atoms with Gasteiger partial charge in [-0.2, -0.15) is 0 Å². The van der Waals surface area contributed by atoms with Crippen LogP contribution in [0.1, 0.15) is 44.1 Å². The number of nitrogens with zero attached hydrogens (tertiary/aromatic N) is 2. The highest BCUT2D eigenvalue weighted by molar-refractivity contribution is 5.79. The minimum atomic E-state index is 0.298. The number of nitrogens with one attached hydrogen (secondary N) is 2. The third kappa shape index (κ3) is 5.53. The zero-order chi connectivity index (χ0) is 19.9. The second-order valence-corrected chi connectivity index (χ2v) is 8.15. The smallest absolute Gasteiger partial charge is 0.191 e. The Kier molecular flexibility index (Phi) is 7.43. The number of aliphatic imine (C=N–C) groups is 1. The van der Waals surface area contributed by atoms with Crippen molar-refractivity contribution in [2.75, 3.05) is 34.8 Å². The summed E-state index contributed by atoms with van der Waals surface area (Å²) < 4.78 is 11.9. The van der Waals surface area contributed by atoms with Crippen LogP contribution in [0.5, 0.6) is 11.5 Å². The fraction of sp³-hybridized carbons (Fsp3) is 0.682. The van der Waals surface area contributed by atoms with E-state index in [1.165, 1.54) is 25.7 Å². The summed E-state index contributed by atoms with van der Waals surface area (Å²) in [6, 6.07) is 6.64. The van der Waals surface area contributed by atoms with Crippen LogP contribution in [0, 0.1) is 5.92 Å². The molecule has 2 aliphatic carbocycles. The first-order valence-electron chi connectivity index (χ1n) is 10.6. The summed E-state index contributed by atoms with van der Waals surface area (Å²) in [6.07, 6.45) is 7.72. The SMILES string of the molecule is CN=C(NCc1cccc(OC)c1OC1CCCC1)NCC(C1CC1)N(C)C. The minimum absolute atomic E-state index is 0.298. The van der Waals surface area contributed by atoms with Crippen molar-refractivity contribution >= 4 is 5.96 Å². The molecule has 0 aliphatic heterocycles. The Balaban J connectivity index is 1.60. The Morgan fingerprint density at radius 3 is 2.54 bits per heavy atom. The zero-order valence-corrected chi connectivity index (χ0v) is 17.8. The van der Waals surface area contributed by atoms with Crippen LogP contribution in [0.15, 0.2) is 23.2 Å². The van der Waals surface area contributed by atoms with Gasteiger partial charge in [-0.3, -0.25) is 4.99 Å². The minimum Gasteiger partial charge on any atom is -0.493 e. The van der Waals surface area contributed by atoms with E-state index < -0.39 is 0 Å². The van der Waals surface area contributed by atoms with Gasteiger partial charge in [-0.1, -0.05) is 12.1 Å². The molecule has 1 aromatic rings. The Hall–Kier alpha value is -1.95. The molecule has 3 rings (SSSR count). The van der Waals surface area contributed by atoms with E-state index in [4.69, 9.17) is 9.47 Å². The van der Waals surface area contributed by atoms with Gasteiger partial charge in [0.25, 0.3) is 0 Å². The van der Waals surface area contributed by atoms with Gasteiger partial charge < -0.3 is 25.0 Å². The molecule has 1 aromatic carbocycles. The number of ether oxygens (including phenoxy) is 2. The molecule has 6 nitrogen and oxygen atoms in total. The Morgan fingerprint density at radius 1 is 1.18 bits per heavy atom. The van der Waals surface area contributed by atoms with E-state index in [1.54, 1.807) is 7.11 Å². The number of guanidine groups is 1. The first-order chi connectivity index (χ1) is 13.6. The highest BCUT2D eigenvalue weighted by Gasteiger charge is 2.32. The molecule has 0 spiro atoms. The molecule has 1 unspecified atom stereocenters. The molecule has 0 heterocycles. The van der Waals surface area contributed by atoms with E-state index in [2.05, 4.69) is 40.7 Å². The number of hydrogen-bond donors (Lipinski definition) is 2. The highest BCUT2D eigenvalue weighted by atomic mass is 16.5. The highest BCUT2D eigenvalue weighted by Crippen LogP contribution is 2.35.